The zero-order valence-electron chi connectivity index (χ0n) is 22.2. The second kappa shape index (κ2) is 13.9. The lowest BCUT2D eigenvalue weighted by Gasteiger charge is -2.22. The standard InChI is InChI=1S/C29H41N3O4/c1-21(2)9-7-10-22(3)13-18-36-26-12-11-24(19-25-29(34)30-23(4)28(33)31-25)20-27(26)35-17-8-16-32-14-5-6-15-32/h9,11-13,19-20,23H,5-8,10,14-18H2,1-4H3,(H,30,34)(H,31,33)/b22-13+,25-19-/t23-/m0/s1. The van der Waals surface area contributed by atoms with E-state index < -0.39 is 6.04 Å². The molecule has 0 aromatic heterocycles. The van der Waals surface area contributed by atoms with Crippen LogP contribution in [0.5, 0.6) is 11.5 Å². The number of nitrogens with zero attached hydrogens (tertiary/aromatic N) is 1. The van der Waals surface area contributed by atoms with E-state index in [0.29, 0.717) is 24.7 Å². The molecule has 1 aromatic carbocycles. The molecule has 2 saturated heterocycles. The number of hydrogen-bond acceptors (Lipinski definition) is 5. The predicted molar refractivity (Wildman–Crippen MR) is 144 cm³/mol. The zero-order valence-corrected chi connectivity index (χ0v) is 22.2. The van der Waals surface area contributed by atoms with Gasteiger partial charge in [-0.25, -0.2) is 0 Å². The highest BCUT2D eigenvalue weighted by Gasteiger charge is 2.26. The number of nitrogens with one attached hydrogen (secondary N) is 2. The van der Waals surface area contributed by atoms with Crippen LogP contribution in [0.4, 0.5) is 0 Å². The van der Waals surface area contributed by atoms with Gasteiger partial charge < -0.3 is 25.0 Å². The topological polar surface area (TPSA) is 79.9 Å². The van der Waals surface area contributed by atoms with Gasteiger partial charge in [0.25, 0.3) is 5.91 Å². The molecule has 1 atom stereocenters. The fourth-order valence-corrected chi connectivity index (χ4v) is 4.19. The number of likely N-dealkylation sites (tertiary alicyclic amines) is 1. The summed E-state index contributed by atoms with van der Waals surface area (Å²) < 4.78 is 12.2. The van der Waals surface area contributed by atoms with Crippen molar-refractivity contribution in [1.29, 1.82) is 0 Å². The quantitative estimate of drug-likeness (QED) is 0.252. The number of rotatable bonds is 12. The van der Waals surface area contributed by atoms with Crippen molar-refractivity contribution < 1.29 is 19.1 Å². The molecule has 0 unspecified atom stereocenters. The Kier molecular flexibility index (Phi) is 10.6. The molecular weight excluding hydrogens is 454 g/mol. The fourth-order valence-electron chi connectivity index (χ4n) is 4.19. The summed E-state index contributed by atoms with van der Waals surface area (Å²) in [5, 5.41) is 5.34. The molecule has 0 bridgehead atoms. The first-order valence-corrected chi connectivity index (χ1v) is 13.1. The van der Waals surface area contributed by atoms with E-state index in [9.17, 15) is 9.59 Å². The van der Waals surface area contributed by atoms with Gasteiger partial charge in [0.15, 0.2) is 11.5 Å². The van der Waals surface area contributed by atoms with E-state index in [2.05, 4.69) is 48.5 Å². The molecule has 2 N–H and O–H groups in total. The molecule has 3 rings (SSSR count). The Balaban J connectivity index is 1.67. The third kappa shape index (κ3) is 8.86. The Hall–Kier alpha value is -3.06. The summed E-state index contributed by atoms with van der Waals surface area (Å²) in [6.07, 6.45) is 11.5. The van der Waals surface area contributed by atoms with Crippen LogP contribution in [0.25, 0.3) is 6.08 Å². The van der Waals surface area contributed by atoms with Crippen LogP contribution >= 0.6 is 0 Å². The van der Waals surface area contributed by atoms with Gasteiger partial charge in [-0.2, -0.15) is 0 Å². The molecule has 0 saturated carbocycles. The van der Waals surface area contributed by atoms with Gasteiger partial charge in [-0.15, -0.1) is 0 Å². The molecule has 2 aliphatic heterocycles. The Morgan fingerprint density at radius 1 is 1.08 bits per heavy atom. The molecule has 7 nitrogen and oxygen atoms in total. The number of ether oxygens (including phenoxy) is 2. The highest BCUT2D eigenvalue weighted by Crippen LogP contribution is 2.30. The van der Waals surface area contributed by atoms with Gasteiger partial charge >= 0.3 is 0 Å². The summed E-state index contributed by atoms with van der Waals surface area (Å²) in [4.78, 5) is 26.8. The van der Waals surface area contributed by atoms with Gasteiger partial charge in [0, 0.05) is 6.54 Å². The van der Waals surface area contributed by atoms with Crippen LogP contribution in [0.1, 0.15) is 65.4 Å². The van der Waals surface area contributed by atoms with Crippen LogP contribution in [0, 0.1) is 0 Å². The highest BCUT2D eigenvalue weighted by atomic mass is 16.5. The minimum atomic E-state index is -0.543. The summed E-state index contributed by atoms with van der Waals surface area (Å²) in [7, 11) is 0. The minimum absolute atomic E-state index is 0.224. The zero-order chi connectivity index (χ0) is 25.9. The maximum absolute atomic E-state index is 12.3. The first kappa shape index (κ1) is 27.5. The van der Waals surface area contributed by atoms with Crippen molar-refractivity contribution >= 4 is 17.9 Å². The monoisotopic (exact) mass is 495 g/mol. The Morgan fingerprint density at radius 2 is 1.86 bits per heavy atom. The van der Waals surface area contributed by atoms with E-state index in [1.807, 2.05) is 18.2 Å². The van der Waals surface area contributed by atoms with Crippen molar-refractivity contribution in [1.82, 2.24) is 15.5 Å². The summed E-state index contributed by atoms with van der Waals surface area (Å²) >= 11 is 0. The maximum atomic E-state index is 12.3. The van der Waals surface area contributed by atoms with Crippen LogP contribution < -0.4 is 20.1 Å². The molecule has 36 heavy (non-hydrogen) atoms. The fraction of sp³-hybridized carbons (Fsp3) is 0.517. The van der Waals surface area contributed by atoms with E-state index in [0.717, 1.165) is 31.4 Å². The second-order valence-corrected chi connectivity index (χ2v) is 9.88. The SMILES string of the molecule is CC(C)=CCC/C(C)=C/COc1ccc(/C=C2\NC(=O)[C@H](C)NC2=O)cc1OCCCN1CCCC1. The van der Waals surface area contributed by atoms with Crippen LogP contribution in [0.15, 0.2) is 47.2 Å². The summed E-state index contributed by atoms with van der Waals surface area (Å²) in [6, 6.07) is 5.04. The smallest absolute Gasteiger partial charge is 0.268 e. The molecule has 7 heteroatoms. The number of benzene rings is 1. The molecule has 196 valence electrons. The Labute approximate surface area is 215 Å². The van der Waals surface area contributed by atoms with Crippen molar-refractivity contribution in [3.8, 4) is 11.5 Å². The van der Waals surface area contributed by atoms with Crippen molar-refractivity contribution in [3.63, 3.8) is 0 Å². The van der Waals surface area contributed by atoms with Crippen LogP contribution in [0.3, 0.4) is 0 Å². The van der Waals surface area contributed by atoms with E-state index in [1.54, 1.807) is 13.0 Å². The third-order valence-corrected chi connectivity index (χ3v) is 6.36. The number of amides is 2. The van der Waals surface area contributed by atoms with Gasteiger partial charge in [0.05, 0.1) is 6.61 Å². The summed E-state index contributed by atoms with van der Waals surface area (Å²) in [6.45, 7) is 12.4. The molecular formula is C29H41N3O4. The Bertz CT molecular complexity index is 1000. The first-order chi connectivity index (χ1) is 17.3. The molecule has 2 heterocycles. The third-order valence-electron chi connectivity index (χ3n) is 6.36. The number of hydrogen-bond donors (Lipinski definition) is 2. The summed E-state index contributed by atoms with van der Waals surface area (Å²) in [5.41, 5.74) is 3.60. The van der Waals surface area contributed by atoms with Gasteiger partial charge in [0.1, 0.15) is 18.3 Å². The lowest BCUT2D eigenvalue weighted by molar-refractivity contribution is -0.130. The van der Waals surface area contributed by atoms with E-state index in [-0.39, 0.29) is 17.5 Å². The van der Waals surface area contributed by atoms with Gasteiger partial charge in [-0.3, -0.25) is 9.59 Å². The molecule has 0 spiro atoms. The largest absolute Gasteiger partial charge is 0.490 e. The Morgan fingerprint density at radius 3 is 2.61 bits per heavy atom. The number of piperazine rings is 1. The van der Waals surface area contributed by atoms with Gasteiger partial charge in [-0.05, 0) is 103 Å². The minimum Gasteiger partial charge on any atom is -0.490 e. The van der Waals surface area contributed by atoms with Gasteiger partial charge in [-0.1, -0.05) is 23.3 Å². The maximum Gasteiger partial charge on any atom is 0.268 e. The van der Waals surface area contributed by atoms with Crippen molar-refractivity contribution in [2.75, 3.05) is 32.8 Å². The lowest BCUT2D eigenvalue weighted by Crippen LogP contribution is -2.53. The van der Waals surface area contributed by atoms with Crippen molar-refractivity contribution in [2.24, 2.45) is 0 Å². The highest BCUT2D eigenvalue weighted by molar-refractivity contribution is 6.07. The average Bonchev–Trinajstić information content (AvgIpc) is 3.35. The van der Waals surface area contributed by atoms with E-state index in [1.165, 1.54) is 37.1 Å². The lowest BCUT2D eigenvalue weighted by atomic mass is 10.1. The molecule has 0 radical (unpaired) electrons. The molecule has 2 aliphatic rings. The van der Waals surface area contributed by atoms with E-state index in [4.69, 9.17) is 9.47 Å². The molecule has 2 amide bonds. The predicted octanol–water partition coefficient (Wildman–Crippen LogP) is 4.60. The molecule has 1 aromatic rings. The van der Waals surface area contributed by atoms with Crippen molar-refractivity contribution in [3.05, 3.63) is 52.8 Å². The van der Waals surface area contributed by atoms with Crippen molar-refractivity contribution in [2.45, 2.75) is 65.8 Å². The number of carbonyl (C=O) groups excluding carboxylic acids is 2. The average molecular weight is 496 g/mol. The van der Waals surface area contributed by atoms with Gasteiger partial charge in [0.2, 0.25) is 5.91 Å². The molecule has 2 fully saturated rings. The second-order valence-electron chi connectivity index (χ2n) is 9.88. The first-order valence-electron chi connectivity index (χ1n) is 13.1. The number of carbonyl (C=O) groups is 2. The van der Waals surface area contributed by atoms with Crippen LogP contribution in [-0.2, 0) is 9.59 Å². The summed E-state index contributed by atoms with van der Waals surface area (Å²) in [5.74, 6) is 0.768. The van der Waals surface area contributed by atoms with Crippen LogP contribution in [-0.4, -0.2) is 55.6 Å². The number of allylic oxidation sites excluding steroid dienone is 3. The normalized spacial score (nSPS) is 19.7. The van der Waals surface area contributed by atoms with Crippen LogP contribution in [0.2, 0.25) is 0 Å². The molecule has 0 aliphatic carbocycles. The van der Waals surface area contributed by atoms with E-state index >= 15 is 0 Å².